The molecule has 0 aliphatic carbocycles. The molecule has 1 aromatic rings. The lowest BCUT2D eigenvalue weighted by Gasteiger charge is -2.16. The highest BCUT2D eigenvalue weighted by Crippen LogP contribution is 2.21. The number of methoxy groups -OCH3 is 1. The number of hydrogen-bond donors (Lipinski definition) is 1. The van der Waals surface area contributed by atoms with Crippen LogP contribution in [0.4, 0.5) is 13.2 Å². The van der Waals surface area contributed by atoms with Gasteiger partial charge in [0.2, 0.25) is 0 Å². The first-order valence-corrected chi connectivity index (χ1v) is 5.80. The Morgan fingerprint density at radius 3 is 2.58 bits per heavy atom. The smallest absolute Gasteiger partial charge is 0.390 e. The lowest BCUT2D eigenvalue weighted by molar-refractivity contribution is -0.139. The van der Waals surface area contributed by atoms with E-state index in [0.717, 1.165) is 0 Å². The van der Waals surface area contributed by atoms with Gasteiger partial charge >= 0.3 is 12.1 Å². The summed E-state index contributed by atoms with van der Waals surface area (Å²) in [5.74, 6) is -0.499. The molecule has 0 aromatic heterocycles. The zero-order valence-corrected chi connectivity index (χ0v) is 10.8. The molecule has 0 aliphatic heterocycles. The molecule has 0 bridgehead atoms. The zero-order chi connectivity index (χ0) is 14.5. The minimum absolute atomic E-state index is 0.183. The van der Waals surface area contributed by atoms with Gasteiger partial charge in [0.25, 0.3) is 0 Å². The van der Waals surface area contributed by atoms with E-state index in [4.69, 9.17) is 0 Å². The molecular weight excluding hydrogens is 259 g/mol. The summed E-state index contributed by atoms with van der Waals surface area (Å²) in [6, 6.07) is 5.94. The van der Waals surface area contributed by atoms with Crippen molar-refractivity contribution in [3.63, 3.8) is 0 Å². The molecule has 1 unspecified atom stereocenters. The SMILES string of the molecule is COC(=O)c1ccccc1CNC(C)CC(F)(F)F. The van der Waals surface area contributed by atoms with Crippen molar-refractivity contribution in [3.8, 4) is 0 Å². The van der Waals surface area contributed by atoms with Crippen molar-refractivity contribution in [3.05, 3.63) is 35.4 Å². The van der Waals surface area contributed by atoms with E-state index in [9.17, 15) is 18.0 Å². The molecule has 6 heteroatoms. The van der Waals surface area contributed by atoms with Crippen LogP contribution in [0.5, 0.6) is 0 Å². The molecule has 0 radical (unpaired) electrons. The van der Waals surface area contributed by atoms with Crippen molar-refractivity contribution in [2.24, 2.45) is 0 Å². The van der Waals surface area contributed by atoms with E-state index in [-0.39, 0.29) is 6.54 Å². The molecule has 3 nitrogen and oxygen atoms in total. The molecule has 0 heterocycles. The Morgan fingerprint density at radius 2 is 2.00 bits per heavy atom. The zero-order valence-electron chi connectivity index (χ0n) is 10.8. The molecule has 0 fully saturated rings. The highest BCUT2D eigenvalue weighted by molar-refractivity contribution is 5.90. The number of carbonyl (C=O) groups excluding carboxylic acids is 1. The molecule has 0 amide bonds. The molecule has 1 rings (SSSR count). The number of benzene rings is 1. The monoisotopic (exact) mass is 275 g/mol. The standard InChI is InChI=1S/C13H16F3NO2/c1-9(7-13(14,15)16)17-8-10-5-3-4-6-11(10)12(18)19-2/h3-6,9,17H,7-8H2,1-2H3. The van der Waals surface area contributed by atoms with Gasteiger partial charge in [-0.25, -0.2) is 4.79 Å². The fraction of sp³-hybridized carbons (Fsp3) is 0.462. The van der Waals surface area contributed by atoms with E-state index in [0.29, 0.717) is 11.1 Å². The van der Waals surface area contributed by atoms with E-state index in [2.05, 4.69) is 10.1 Å². The number of carbonyl (C=O) groups is 1. The number of esters is 1. The first-order chi connectivity index (χ1) is 8.83. The molecule has 0 spiro atoms. The highest BCUT2D eigenvalue weighted by atomic mass is 19.4. The Balaban J connectivity index is 2.65. The van der Waals surface area contributed by atoms with Crippen LogP contribution in [0.25, 0.3) is 0 Å². The van der Waals surface area contributed by atoms with Gasteiger partial charge in [-0.3, -0.25) is 0 Å². The first-order valence-electron chi connectivity index (χ1n) is 5.80. The van der Waals surface area contributed by atoms with Crippen LogP contribution in [0, 0.1) is 0 Å². The van der Waals surface area contributed by atoms with E-state index >= 15 is 0 Å². The van der Waals surface area contributed by atoms with Crippen LogP contribution in [0.1, 0.15) is 29.3 Å². The van der Waals surface area contributed by atoms with Crippen molar-refractivity contribution in [2.75, 3.05) is 7.11 Å². The summed E-state index contributed by atoms with van der Waals surface area (Å²) < 4.78 is 41.2. The molecule has 1 atom stereocenters. The van der Waals surface area contributed by atoms with Crippen LogP contribution in [0.3, 0.4) is 0 Å². The summed E-state index contributed by atoms with van der Waals surface area (Å²) in [4.78, 5) is 11.5. The van der Waals surface area contributed by atoms with E-state index in [1.807, 2.05) is 0 Å². The second-order valence-electron chi connectivity index (χ2n) is 4.25. The van der Waals surface area contributed by atoms with E-state index in [1.165, 1.54) is 14.0 Å². The molecule has 106 valence electrons. The third-order valence-electron chi connectivity index (χ3n) is 2.60. The molecule has 0 saturated carbocycles. The van der Waals surface area contributed by atoms with Gasteiger partial charge in [-0.1, -0.05) is 18.2 Å². The number of ether oxygens (including phenoxy) is 1. The maximum absolute atomic E-state index is 12.2. The molecular formula is C13H16F3NO2. The first kappa shape index (κ1) is 15.5. The van der Waals surface area contributed by atoms with Gasteiger partial charge < -0.3 is 10.1 Å². The number of halogens is 3. The lowest BCUT2D eigenvalue weighted by atomic mass is 10.1. The maximum atomic E-state index is 12.2. The van der Waals surface area contributed by atoms with Crippen LogP contribution in [0.15, 0.2) is 24.3 Å². The Bertz CT molecular complexity index is 432. The Morgan fingerprint density at radius 1 is 1.37 bits per heavy atom. The van der Waals surface area contributed by atoms with Crippen LogP contribution < -0.4 is 5.32 Å². The van der Waals surface area contributed by atoms with Crippen LogP contribution in [-0.4, -0.2) is 25.3 Å². The Kier molecular flexibility index (Phi) is 5.35. The number of nitrogens with one attached hydrogen (secondary N) is 1. The van der Waals surface area contributed by atoms with Gasteiger partial charge in [0, 0.05) is 12.6 Å². The number of rotatable bonds is 5. The number of alkyl halides is 3. The second-order valence-corrected chi connectivity index (χ2v) is 4.25. The fourth-order valence-electron chi connectivity index (χ4n) is 1.69. The minimum atomic E-state index is -4.20. The number of hydrogen-bond acceptors (Lipinski definition) is 3. The largest absolute Gasteiger partial charge is 0.465 e. The van der Waals surface area contributed by atoms with Crippen LogP contribution in [0.2, 0.25) is 0 Å². The summed E-state index contributed by atoms with van der Waals surface area (Å²) >= 11 is 0. The normalized spacial score (nSPS) is 13.1. The van der Waals surface area contributed by atoms with Crippen molar-refractivity contribution in [1.82, 2.24) is 5.32 Å². The topological polar surface area (TPSA) is 38.3 Å². The highest BCUT2D eigenvalue weighted by Gasteiger charge is 2.29. The summed E-state index contributed by atoms with van der Waals surface area (Å²) in [7, 11) is 1.26. The third-order valence-corrected chi connectivity index (χ3v) is 2.60. The summed E-state index contributed by atoms with van der Waals surface area (Å²) in [6.07, 6.45) is -5.11. The van der Waals surface area contributed by atoms with Gasteiger partial charge in [0.15, 0.2) is 0 Å². The van der Waals surface area contributed by atoms with Gasteiger partial charge in [0.05, 0.1) is 19.1 Å². The molecule has 0 aliphatic rings. The predicted octanol–water partition coefficient (Wildman–Crippen LogP) is 2.90. The third kappa shape index (κ3) is 5.30. The quantitative estimate of drug-likeness (QED) is 0.840. The van der Waals surface area contributed by atoms with Crippen molar-refractivity contribution in [2.45, 2.75) is 32.1 Å². The van der Waals surface area contributed by atoms with Gasteiger partial charge in [-0.05, 0) is 18.6 Å². The second kappa shape index (κ2) is 6.56. The summed E-state index contributed by atoms with van der Waals surface area (Å²) in [6.45, 7) is 1.64. The van der Waals surface area contributed by atoms with Gasteiger partial charge in [-0.15, -0.1) is 0 Å². The van der Waals surface area contributed by atoms with Crippen molar-refractivity contribution >= 4 is 5.97 Å². The maximum Gasteiger partial charge on any atom is 0.390 e. The lowest BCUT2D eigenvalue weighted by Crippen LogP contribution is -2.31. The van der Waals surface area contributed by atoms with Gasteiger partial charge in [-0.2, -0.15) is 13.2 Å². The summed E-state index contributed by atoms with van der Waals surface area (Å²) in [5.41, 5.74) is 0.972. The molecule has 0 saturated heterocycles. The predicted molar refractivity (Wildman–Crippen MR) is 64.8 cm³/mol. The van der Waals surface area contributed by atoms with Crippen molar-refractivity contribution in [1.29, 1.82) is 0 Å². The average Bonchev–Trinajstić information content (AvgIpc) is 2.33. The Labute approximate surface area is 109 Å². The van der Waals surface area contributed by atoms with Gasteiger partial charge in [0.1, 0.15) is 0 Å². The van der Waals surface area contributed by atoms with Crippen LogP contribution >= 0.6 is 0 Å². The van der Waals surface area contributed by atoms with Crippen LogP contribution in [-0.2, 0) is 11.3 Å². The van der Waals surface area contributed by atoms with Crippen molar-refractivity contribution < 1.29 is 22.7 Å². The Hall–Kier alpha value is -1.56. The van der Waals surface area contributed by atoms with E-state index in [1.54, 1.807) is 24.3 Å². The molecule has 19 heavy (non-hydrogen) atoms. The minimum Gasteiger partial charge on any atom is -0.465 e. The van der Waals surface area contributed by atoms with E-state index < -0.39 is 24.6 Å². The fourth-order valence-corrected chi connectivity index (χ4v) is 1.69. The molecule has 1 N–H and O–H groups in total. The molecule has 1 aromatic carbocycles. The average molecular weight is 275 g/mol. The summed E-state index contributed by atoms with van der Waals surface area (Å²) in [5, 5.41) is 2.75.